The van der Waals surface area contributed by atoms with Crippen LogP contribution in [0.3, 0.4) is 0 Å². The Morgan fingerprint density at radius 2 is 2.33 bits per heavy atom. The van der Waals surface area contributed by atoms with Crippen LogP contribution in [-0.2, 0) is 0 Å². The molecule has 1 unspecified atom stereocenters. The number of rotatable bonds is 5. The average Bonchev–Trinajstić information content (AvgIpc) is 2.75. The second-order valence-electron chi connectivity index (χ2n) is 5.26. The molecule has 0 radical (unpaired) electrons. The van der Waals surface area contributed by atoms with Crippen LogP contribution in [0.5, 0.6) is 0 Å². The quantitative estimate of drug-likeness (QED) is 0.862. The minimum absolute atomic E-state index is 0.780. The van der Waals surface area contributed by atoms with Crippen molar-refractivity contribution in [3.05, 3.63) is 18.5 Å². The lowest BCUT2D eigenvalue weighted by Crippen LogP contribution is -2.27. The van der Waals surface area contributed by atoms with Gasteiger partial charge in [-0.3, -0.25) is 4.98 Å². The lowest BCUT2D eigenvalue weighted by Gasteiger charge is -2.23. The first-order chi connectivity index (χ1) is 8.69. The first kappa shape index (κ1) is 13.1. The average molecular weight is 248 g/mol. The molecule has 0 aliphatic carbocycles. The SMILES string of the molecule is CCNc1cncc(N(C)CC2CCN(C)C2)c1. The minimum atomic E-state index is 0.780. The molecule has 1 aromatic rings. The molecule has 1 aromatic heterocycles. The smallest absolute Gasteiger partial charge is 0.0570 e. The van der Waals surface area contributed by atoms with Crippen molar-refractivity contribution in [1.29, 1.82) is 0 Å². The summed E-state index contributed by atoms with van der Waals surface area (Å²) in [4.78, 5) is 9.02. The molecule has 1 aliphatic rings. The molecule has 100 valence electrons. The standard InChI is InChI=1S/C14H24N4/c1-4-16-13-7-14(9-15-8-13)18(3)11-12-5-6-17(2)10-12/h7-9,12,16H,4-6,10-11H2,1-3H3. The Morgan fingerprint density at radius 1 is 1.50 bits per heavy atom. The van der Waals surface area contributed by atoms with Crippen LogP contribution in [0.25, 0.3) is 0 Å². The Morgan fingerprint density at radius 3 is 3.00 bits per heavy atom. The Labute approximate surface area is 110 Å². The predicted molar refractivity (Wildman–Crippen MR) is 77.3 cm³/mol. The summed E-state index contributed by atoms with van der Waals surface area (Å²) in [6.07, 6.45) is 5.13. The maximum absolute atomic E-state index is 4.30. The first-order valence-electron chi connectivity index (χ1n) is 6.77. The van der Waals surface area contributed by atoms with E-state index in [2.05, 4.69) is 47.2 Å². The van der Waals surface area contributed by atoms with Gasteiger partial charge in [-0.05, 0) is 38.9 Å². The van der Waals surface area contributed by atoms with Crippen molar-refractivity contribution >= 4 is 11.4 Å². The van der Waals surface area contributed by atoms with Crippen LogP contribution in [0, 0.1) is 5.92 Å². The monoisotopic (exact) mass is 248 g/mol. The molecule has 2 rings (SSSR count). The highest BCUT2D eigenvalue weighted by molar-refractivity contribution is 5.55. The van der Waals surface area contributed by atoms with Crippen molar-refractivity contribution < 1.29 is 0 Å². The van der Waals surface area contributed by atoms with E-state index in [4.69, 9.17) is 0 Å². The van der Waals surface area contributed by atoms with Gasteiger partial charge in [0.2, 0.25) is 0 Å². The van der Waals surface area contributed by atoms with Crippen LogP contribution in [0.1, 0.15) is 13.3 Å². The summed E-state index contributed by atoms with van der Waals surface area (Å²) >= 11 is 0. The fourth-order valence-electron chi connectivity index (χ4n) is 2.61. The third kappa shape index (κ3) is 3.35. The highest BCUT2D eigenvalue weighted by atomic mass is 15.2. The van der Waals surface area contributed by atoms with Crippen LogP contribution in [0.2, 0.25) is 0 Å². The van der Waals surface area contributed by atoms with E-state index in [1.54, 1.807) is 0 Å². The summed E-state index contributed by atoms with van der Waals surface area (Å²) in [7, 11) is 4.36. The molecule has 1 saturated heterocycles. The summed E-state index contributed by atoms with van der Waals surface area (Å²) in [5, 5.41) is 3.31. The van der Waals surface area contributed by atoms with Crippen molar-refractivity contribution in [3.63, 3.8) is 0 Å². The molecule has 1 fully saturated rings. The van der Waals surface area contributed by atoms with Crippen LogP contribution >= 0.6 is 0 Å². The van der Waals surface area contributed by atoms with Crippen LogP contribution in [0.4, 0.5) is 11.4 Å². The lowest BCUT2D eigenvalue weighted by atomic mass is 10.1. The molecule has 0 aromatic carbocycles. The zero-order chi connectivity index (χ0) is 13.0. The Bertz CT molecular complexity index is 380. The van der Waals surface area contributed by atoms with Gasteiger partial charge in [-0.2, -0.15) is 0 Å². The molecule has 1 atom stereocenters. The van der Waals surface area contributed by atoms with E-state index in [0.29, 0.717) is 0 Å². The largest absolute Gasteiger partial charge is 0.384 e. The van der Waals surface area contributed by atoms with Crippen molar-refractivity contribution in [3.8, 4) is 0 Å². The summed E-state index contributed by atoms with van der Waals surface area (Å²) < 4.78 is 0. The third-order valence-corrected chi connectivity index (χ3v) is 3.57. The van der Waals surface area contributed by atoms with Crippen molar-refractivity contribution in [2.75, 3.05) is 50.5 Å². The van der Waals surface area contributed by atoms with E-state index in [1.807, 2.05) is 12.4 Å². The highest BCUT2D eigenvalue weighted by Crippen LogP contribution is 2.21. The molecular weight excluding hydrogens is 224 g/mol. The van der Waals surface area contributed by atoms with Gasteiger partial charge in [-0.1, -0.05) is 0 Å². The summed E-state index contributed by atoms with van der Waals surface area (Å²) in [6.45, 7) is 6.59. The van der Waals surface area contributed by atoms with E-state index in [1.165, 1.54) is 25.2 Å². The number of hydrogen-bond acceptors (Lipinski definition) is 4. The molecule has 0 saturated carbocycles. The molecule has 18 heavy (non-hydrogen) atoms. The van der Waals surface area contributed by atoms with Crippen LogP contribution in [-0.4, -0.2) is 50.2 Å². The maximum atomic E-state index is 4.30. The predicted octanol–water partition coefficient (Wildman–Crippen LogP) is 1.90. The van der Waals surface area contributed by atoms with Gasteiger partial charge in [0.15, 0.2) is 0 Å². The van der Waals surface area contributed by atoms with E-state index < -0.39 is 0 Å². The topological polar surface area (TPSA) is 31.4 Å². The fraction of sp³-hybridized carbons (Fsp3) is 0.643. The van der Waals surface area contributed by atoms with Gasteiger partial charge in [0.1, 0.15) is 0 Å². The van der Waals surface area contributed by atoms with Crippen molar-refractivity contribution in [1.82, 2.24) is 9.88 Å². The molecule has 0 amide bonds. The van der Waals surface area contributed by atoms with E-state index in [0.717, 1.165) is 24.7 Å². The molecule has 0 bridgehead atoms. The second kappa shape index (κ2) is 6.05. The van der Waals surface area contributed by atoms with Crippen LogP contribution < -0.4 is 10.2 Å². The molecule has 4 heteroatoms. The maximum Gasteiger partial charge on any atom is 0.0570 e. The van der Waals surface area contributed by atoms with E-state index in [-0.39, 0.29) is 0 Å². The number of nitrogens with zero attached hydrogens (tertiary/aromatic N) is 3. The summed E-state index contributed by atoms with van der Waals surface area (Å²) in [5.41, 5.74) is 2.30. The number of likely N-dealkylation sites (tertiary alicyclic amines) is 1. The van der Waals surface area contributed by atoms with E-state index in [9.17, 15) is 0 Å². The van der Waals surface area contributed by atoms with Gasteiger partial charge in [-0.15, -0.1) is 0 Å². The summed E-state index contributed by atoms with van der Waals surface area (Å²) in [5.74, 6) is 0.780. The number of hydrogen-bond donors (Lipinski definition) is 1. The lowest BCUT2D eigenvalue weighted by molar-refractivity contribution is 0.396. The summed E-state index contributed by atoms with van der Waals surface area (Å²) in [6, 6.07) is 2.18. The zero-order valence-corrected chi connectivity index (χ0v) is 11.7. The van der Waals surface area contributed by atoms with Crippen molar-refractivity contribution in [2.24, 2.45) is 5.92 Å². The molecule has 2 heterocycles. The van der Waals surface area contributed by atoms with Gasteiger partial charge in [-0.25, -0.2) is 0 Å². The normalized spacial score (nSPS) is 20.1. The highest BCUT2D eigenvalue weighted by Gasteiger charge is 2.20. The van der Waals surface area contributed by atoms with E-state index >= 15 is 0 Å². The number of anilines is 2. The van der Waals surface area contributed by atoms with Crippen LogP contribution in [0.15, 0.2) is 18.5 Å². The first-order valence-corrected chi connectivity index (χ1v) is 6.77. The van der Waals surface area contributed by atoms with Gasteiger partial charge in [0.05, 0.1) is 23.8 Å². The molecule has 4 nitrogen and oxygen atoms in total. The Hall–Kier alpha value is -1.29. The third-order valence-electron chi connectivity index (χ3n) is 3.57. The molecule has 1 N–H and O–H groups in total. The Balaban J connectivity index is 1.95. The van der Waals surface area contributed by atoms with Gasteiger partial charge < -0.3 is 15.1 Å². The van der Waals surface area contributed by atoms with Gasteiger partial charge in [0.25, 0.3) is 0 Å². The fourth-order valence-corrected chi connectivity index (χ4v) is 2.61. The number of nitrogens with one attached hydrogen (secondary N) is 1. The van der Waals surface area contributed by atoms with Crippen molar-refractivity contribution in [2.45, 2.75) is 13.3 Å². The Kier molecular flexibility index (Phi) is 4.42. The van der Waals surface area contributed by atoms with Gasteiger partial charge in [0, 0.05) is 26.7 Å². The molecule has 1 aliphatic heterocycles. The zero-order valence-electron chi connectivity index (χ0n) is 11.7. The van der Waals surface area contributed by atoms with Gasteiger partial charge >= 0.3 is 0 Å². The number of pyridine rings is 1. The molecule has 0 spiro atoms. The minimum Gasteiger partial charge on any atom is -0.384 e. The molecular formula is C14H24N4. The number of aromatic nitrogens is 1. The second-order valence-corrected chi connectivity index (χ2v) is 5.26.